The molecule has 0 radical (unpaired) electrons. The van der Waals surface area contributed by atoms with E-state index >= 15 is 4.39 Å². The largest absolute Gasteiger partial charge is 0.489 e. The van der Waals surface area contributed by atoms with E-state index in [1.54, 1.807) is 13.8 Å². The van der Waals surface area contributed by atoms with Gasteiger partial charge in [0.25, 0.3) is 0 Å². The lowest BCUT2D eigenvalue weighted by Crippen LogP contribution is -2.41. The number of anilines is 1. The second-order valence-electron chi connectivity index (χ2n) is 10.7. The molecule has 10 heteroatoms. The Morgan fingerprint density at radius 1 is 1.18 bits per heavy atom. The predicted octanol–water partition coefficient (Wildman–Crippen LogP) is 6.11. The third kappa shape index (κ3) is 5.29. The van der Waals surface area contributed by atoms with Crippen LogP contribution in [0.4, 0.5) is 23.4 Å². The zero-order valence-corrected chi connectivity index (χ0v) is 22.4. The summed E-state index contributed by atoms with van der Waals surface area (Å²) in [7, 11) is 2.02. The van der Waals surface area contributed by atoms with Crippen molar-refractivity contribution in [3.05, 3.63) is 58.9 Å². The van der Waals surface area contributed by atoms with Crippen LogP contribution >= 0.6 is 0 Å². The summed E-state index contributed by atoms with van der Waals surface area (Å²) in [6.45, 7) is 7.56. The first kappa shape index (κ1) is 28.0. The lowest BCUT2D eigenvalue weighted by atomic mass is 9.91. The molecule has 1 saturated heterocycles. The van der Waals surface area contributed by atoms with Crippen LogP contribution in [0.5, 0.6) is 5.75 Å². The number of likely N-dealkylation sites (tertiary alicyclic amines) is 1. The Hall–Kier alpha value is -2.98. The van der Waals surface area contributed by atoms with Crippen LogP contribution in [-0.2, 0) is 5.92 Å². The molecule has 2 aromatic carbocycles. The minimum atomic E-state index is -3.82. The van der Waals surface area contributed by atoms with E-state index in [2.05, 4.69) is 27.1 Å². The first-order valence-electron chi connectivity index (χ1n) is 12.7. The predicted molar refractivity (Wildman–Crippen MR) is 139 cm³/mol. The average Bonchev–Trinajstić information content (AvgIpc) is 3.14. The maximum absolute atomic E-state index is 15.3. The van der Waals surface area contributed by atoms with Crippen molar-refractivity contribution in [2.24, 2.45) is 0 Å². The molecule has 1 aromatic heterocycles. The number of ether oxygens (including phenoxy) is 1. The molecule has 0 aliphatic carbocycles. The standard InChI is InChI=1S/C28H34F4N4O2/c1-15-10-11-18(36(15)6)14-38-24-12-20-23(13-22(24)29)34-17(3)35-26(20)33-16(2)19-8-7-9-21(25(19)30)28(31,32)27(4,5)37/h7-9,12-13,15-16,18,37H,10-11,14H2,1-6H3,(H,33,34,35)/t15-,16+,18-/m0/s1. The van der Waals surface area contributed by atoms with Crippen LogP contribution in [0, 0.1) is 18.6 Å². The Balaban J connectivity index is 1.65. The molecule has 0 unspecified atom stereocenters. The fraction of sp³-hybridized carbons (Fsp3) is 0.500. The summed E-state index contributed by atoms with van der Waals surface area (Å²) in [6.07, 6.45) is 2.00. The molecular weight excluding hydrogens is 500 g/mol. The molecule has 3 atom stereocenters. The minimum absolute atomic E-state index is 0.0344. The van der Waals surface area contributed by atoms with Crippen LogP contribution in [-0.4, -0.2) is 51.3 Å². The fourth-order valence-electron chi connectivity index (χ4n) is 4.79. The summed E-state index contributed by atoms with van der Waals surface area (Å²) in [4.78, 5) is 10.9. The second-order valence-corrected chi connectivity index (χ2v) is 10.7. The first-order valence-corrected chi connectivity index (χ1v) is 12.7. The molecule has 1 fully saturated rings. The van der Waals surface area contributed by atoms with Gasteiger partial charge in [0, 0.05) is 29.1 Å². The summed E-state index contributed by atoms with van der Waals surface area (Å²) < 4.78 is 65.7. The van der Waals surface area contributed by atoms with Gasteiger partial charge in [-0.1, -0.05) is 12.1 Å². The summed E-state index contributed by atoms with van der Waals surface area (Å²) in [5.41, 5.74) is -3.07. The number of aliphatic hydroxyl groups is 1. The van der Waals surface area contributed by atoms with E-state index in [0.29, 0.717) is 29.4 Å². The van der Waals surface area contributed by atoms with Crippen LogP contribution in [0.3, 0.4) is 0 Å². The molecular formula is C28H34F4N4O2. The number of aromatic nitrogens is 2. The third-order valence-corrected chi connectivity index (χ3v) is 7.44. The van der Waals surface area contributed by atoms with E-state index in [4.69, 9.17) is 4.74 Å². The van der Waals surface area contributed by atoms with Crippen LogP contribution in [0.2, 0.25) is 0 Å². The van der Waals surface area contributed by atoms with Gasteiger partial charge in [-0.3, -0.25) is 4.90 Å². The average molecular weight is 535 g/mol. The molecule has 6 nitrogen and oxygen atoms in total. The van der Waals surface area contributed by atoms with Gasteiger partial charge in [-0.15, -0.1) is 0 Å². The van der Waals surface area contributed by atoms with Crippen molar-refractivity contribution < 1.29 is 27.4 Å². The topological polar surface area (TPSA) is 70.5 Å². The zero-order chi connectivity index (χ0) is 28.0. The van der Waals surface area contributed by atoms with Crippen molar-refractivity contribution in [3.8, 4) is 5.75 Å². The van der Waals surface area contributed by atoms with Crippen molar-refractivity contribution in [3.63, 3.8) is 0 Å². The van der Waals surface area contributed by atoms with E-state index in [1.165, 1.54) is 24.3 Å². The zero-order valence-electron chi connectivity index (χ0n) is 22.4. The van der Waals surface area contributed by atoms with Gasteiger partial charge in [0.2, 0.25) is 0 Å². The van der Waals surface area contributed by atoms with Crippen molar-refractivity contribution in [1.29, 1.82) is 0 Å². The van der Waals surface area contributed by atoms with Crippen molar-refractivity contribution >= 4 is 16.7 Å². The molecule has 38 heavy (non-hydrogen) atoms. The quantitative estimate of drug-likeness (QED) is 0.340. The Labute approximate surface area is 220 Å². The van der Waals surface area contributed by atoms with Gasteiger partial charge in [-0.05, 0) is 66.6 Å². The first-order chi connectivity index (χ1) is 17.7. The highest BCUT2D eigenvalue weighted by molar-refractivity contribution is 5.90. The van der Waals surface area contributed by atoms with E-state index in [0.717, 1.165) is 32.8 Å². The van der Waals surface area contributed by atoms with E-state index in [-0.39, 0.29) is 23.2 Å². The molecule has 4 rings (SSSR count). The van der Waals surface area contributed by atoms with Crippen LogP contribution in [0.15, 0.2) is 30.3 Å². The molecule has 2 N–H and O–H groups in total. The van der Waals surface area contributed by atoms with Crippen LogP contribution in [0.25, 0.3) is 10.9 Å². The Bertz CT molecular complexity index is 1330. The summed E-state index contributed by atoms with van der Waals surface area (Å²) in [5.74, 6) is -4.82. The molecule has 0 amide bonds. The second kappa shape index (κ2) is 10.3. The molecule has 0 saturated carbocycles. The highest BCUT2D eigenvalue weighted by Crippen LogP contribution is 2.41. The summed E-state index contributed by atoms with van der Waals surface area (Å²) in [5, 5.41) is 13.5. The van der Waals surface area contributed by atoms with Gasteiger partial charge >= 0.3 is 5.92 Å². The lowest BCUT2D eigenvalue weighted by molar-refractivity contribution is -0.170. The molecule has 206 valence electrons. The van der Waals surface area contributed by atoms with Crippen LogP contribution in [0.1, 0.15) is 63.5 Å². The lowest BCUT2D eigenvalue weighted by Gasteiger charge is -2.30. The Kier molecular flexibility index (Phi) is 7.60. The van der Waals surface area contributed by atoms with Crippen molar-refractivity contribution in [2.75, 3.05) is 19.0 Å². The van der Waals surface area contributed by atoms with E-state index < -0.39 is 34.8 Å². The number of hydrogen-bond acceptors (Lipinski definition) is 6. The monoisotopic (exact) mass is 534 g/mol. The smallest absolute Gasteiger partial charge is 0.303 e. The normalized spacial score (nSPS) is 19.7. The number of benzene rings is 2. The van der Waals surface area contributed by atoms with E-state index in [9.17, 15) is 18.3 Å². The van der Waals surface area contributed by atoms with E-state index in [1.807, 2.05) is 7.05 Å². The SMILES string of the molecule is Cc1nc(N[C@H](C)c2cccc(C(F)(F)C(C)(C)O)c2F)c2cc(OC[C@@H]3CC[C@H](C)N3C)c(F)cc2n1. The van der Waals surface area contributed by atoms with Gasteiger partial charge in [0.05, 0.1) is 17.1 Å². The van der Waals surface area contributed by atoms with Gasteiger partial charge in [0.15, 0.2) is 11.6 Å². The maximum atomic E-state index is 15.3. The Morgan fingerprint density at radius 2 is 1.89 bits per heavy atom. The van der Waals surface area contributed by atoms with Crippen LogP contribution < -0.4 is 10.1 Å². The van der Waals surface area contributed by atoms with Gasteiger partial charge in [-0.2, -0.15) is 8.78 Å². The third-order valence-electron chi connectivity index (χ3n) is 7.44. The number of aryl methyl sites for hydroxylation is 1. The Morgan fingerprint density at radius 3 is 2.53 bits per heavy atom. The highest BCUT2D eigenvalue weighted by atomic mass is 19.3. The number of rotatable bonds is 8. The highest BCUT2D eigenvalue weighted by Gasteiger charge is 2.49. The fourth-order valence-corrected chi connectivity index (χ4v) is 4.79. The number of nitrogens with zero attached hydrogens (tertiary/aromatic N) is 3. The number of halogens is 4. The molecule has 0 bridgehead atoms. The van der Waals surface area contributed by atoms with Crippen molar-refractivity contribution in [1.82, 2.24) is 14.9 Å². The number of nitrogens with one attached hydrogen (secondary N) is 1. The van der Waals surface area contributed by atoms with Crippen molar-refractivity contribution in [2.45, 2.75) is 77.1 Å². The maximum Gasteiger partial charge on any atom is 0.303 e. The number of alkyl halides is 2. The molecule has 3 aromatic rings. The summed E-state index contributed by atoms with van der Waals surface area (Å²) in [6, 6.07) is 6.24. The number of hydrogen-bond donors (Lipinski definition) is 2. The molecule has 0 spiro atoms. The van der Waals surface area contributed by atoms with Gasteiger partial charge in [0.1, 0.15) is 29.7 Å². The minimum Gasteiger partial charge on any atom is -0.489 e. The van der Waals surface area contributed by atoms with Gasteiger partial charge < -0.3 is 15.2 Å². The number of fused-ring (bicyclic) bond motifs is 1. The summed E-state index contributed by atoms with van der Waals surface area (Å²) >= 11 is 0. The number of likely N-dealkylation sites (N-methyl/N-ethyl adjacent to an activating group) is 1. The van der Waals surface area contributed by atoms with Gasteiger partial charge in [-0.25, -0.2) is 18.7 Å². The molecule has 2 heterocycles. The molecule has 1 aliphatic heterocycles. The molecule has 1 aliphatic rings.